The van der Waals surface area contributed by atoms with Crippen LogP contribution < -0.4 is 9.46 Å². The Morgan fingerprint density at radius 1 is 1.31 bits per heavy atom. The first-order valence-electron chi connectivity index (χ1n) is 10.9. The molecule has 1 saturated heterocycles. The van der Waals surface area contributed by atoms with Gasteiger partial charge in [-0.3, -0.25) is 9.59 Å². The van der Waals surface area contributed by atoms with Crippen LogP contribution in [0.1, 0.15) is 38.2 Å². The Labute approximate surface area is 218 Å². The van der Waals surface area contributed by atoms with Gasteiger partial charge in [-0.05, 0) is 48.6 Å². The Kier molecular flexibility index (Phi) is 7.33. The van der Waals surface area contributed by atoms with Gasteiger partial charge in [0.2, 0.25) is 5.91 Å². The number of carbonyl (C=O) groups is 2. The van der Waals surface area contributed by atoms with Crippen LogP contribution >= 0.6 is 34.5 Å². The topological polar surface area (TPSA) is 92.8 Å². The number of halogens is 2. The molecule has 186 valence electrons. The number of hydrogen-bond donors (Lipinski definition) is 1. The second-order valence-electron chi connectivity index (χ2n) is 8.79. The first kappa shape index (κ1) is 25.8. The number of nitrogens with one attached hydrogen (secondary N) is 1. The molecule has 1 fully saturated rings. The van der Waals surface area contributed by atoms with Gasteiger partial charge in [0.25, 0.3) is 15.9 Å². The number of ether oxygens (including phenoxy) is 1. The molecule has 1 aromatic heterocycles. The van der Waals surface area contributed by atoms with E-state index in [-0.39, 0.29) is 24.9 Å². The van der Waals surface area contributed by atoms with Gasteiger partial charge in [0.1, 0.15) is 14.3 Å². The predicted molar refractivity (Wildman–Crippen MR) is 136 cm³/mol. The van der Waals surface area contributed by atoms with E-state index in [1.165, 1.54) is 12.1 Å². The first-order valence-corrected chi connectivity index (χ1v) is 13.9. The van der Waals surface area contributed by atoms with Gasteiger partial charge >= 0.3 is 0 Å². The zero-order valence-electron chi connectivity index (χ0n) is 19.1. The highest BCUT2D eigenvalue weighted by atomic mass is 35.5. The fraction of sp³-hybridized carbons (Fsp3) is 0.333. The molecule has 1 aliphatic heterocycles. The maximum atomic E-state index is 13.0. The molecule has 4 rings (SSSR count). The summed E-state index contributed by atoms with van der Waals surface area (Å²) in [6.45, 7) is 2.45. The number of likely N-dealkylation sites (tertiary alicyclic amines) is 1. The zero-order valence-corrected chi connectivity index (χ0v) is 22.3. The van der Waals surface area contributed by atoms with Gasteiger partial charge in [0.05, 0.1) is 18.7 Å². The summed E-state index contributed by atoms with van der Waals surface area (Å²) in [4.78, 5) is 27.3. The van der Waals surface area contributed by atoms with Crippen LogP contribution in [0.5, 0.6) is 5.75 Å². The van der Waals surface area contributed by atoms with Gasteiger partial charge in [-0.2, -0.15) is 0 Å². The van der Waals surface area contributed by atoms with Crippen molar-refractivity contribution in [1.29, 1.82) is 0 Å². The monoisotopic (exact) mass is 554 g/mol. The molecule has 2 amide bonds. The molecule has 11 heteroatoms. The summed E-state index contributed by atoms with van der Waals surface area (Å²) in [5.41, 5.74) is 2.34. The minimum Gasteiger partial charge on any atom is -0.497 e. The molecule has 0 spiro atoms. The van der Waals surface area contributed by atoms with Crippen molar-refractivity contribution in [2.45, 2.75) is 43.4 Å². The van der Waals surface area contributed by atoms with Crippen molar-refractivity contribution in [3.63, 3.8) is 0 Å². The molecular weight excluding hydrogens is 531 g/mol. The maximum absolute atomic E-state index is 13.0. The van der Waals surface area contributed by atoms with Crippen LogP contribution in [0.4, 0.5) is 0 Å². The van der Waals surface area contributed by atoms with E-state index in [9.17, 15) is 18.0 Å². The molecule has 2 aromatic rings. The molecule has 1 aromatic carbocycles. The molecule has 0 saturated carbocycles. The summed E-state index contributed by atoms with van der Waals surface area (Å²) in [6, 6.07) is 8.75. The number of benzene rings is 1. The molecule has 2 heterocycles. The molecule has 35 heavy (non-hydrogen) atoms. The number of carbonyl (C=O) groups excluding carboxylic acids is 2. The van der Waals surface area contributed by atoms with E-state index in [4.69, 9.17) is 27.9 Å². The molecule has 0 radical (unpaired) electrons. The lowest BCUT2D eigenvalue weighted by Crippen LogP contribution is -2.29. The smallest absolute Gasteiger partial charge is 0.273 e. The third-order valence-electron chi connectivity index (χ3n) is 6.20. The highest BCUT2D eigenvalue weighted by Gasteiger charge is 2.46. The summed E-state index contributed by atoms with van der Waals surface area (Å²) in [6.07, 6.45) is 5.61. The zero-order chi connectivity index (χ0) is 25.4. The van der Waals surface area contributed by atoms with Crippen LogP contribution in [0.3, 0.4) is 0 Å². The summed E-state index contributed by atoms with van der Waals surface area (Å²) in [5, 5.41) is 0.107. The normalized spacial score (nSPS) is 20.5. The standard InChI is InChI=1S/C24H24Cl2N2O5S2/c1-24-10-4-6-16(8-9-19(29)27-35(31,32)21-12-18(25)23(26)34-21)22(24)28(20(30)13-24)14-15-5-3-7-17(11-15)33-2/h3,5,7-9,11-12H,4,6,10,13-14H2,1-2H3,(H,27,29)/b9-8+. The lowest BCUT2D eigenvalue weighted by Gasteiger charge is -2.34. The average molecular weight is 556 g/mol. The Balaban J connectivity index is 1.59. The second kappa shape index (κ2) is 9.97. The Morgan fingerprint density at radius 2 is 2.09 bits per heavy atom. The minimum absolute atomic E-state index is 0.0246. The van der Waals surface area contributed by atoms with Crippen molar-refractivity contribution < 1.29 is 22.7 Å². The Morgan fingerprint density at radius 3 is 2.77 bits per heavy atom. The highest BCUT2D eigenvalue weighted by Crippen LogP contribution is 2.50. The Hall–Kier alpha value is -2.33. The number of rotatable bonds is 7. The molecular formula is C24H24Cl2N2O5S2. The number of hydrogen-bond acceptors (Lipinski definition) is 6. The second-order valence-corrected chi connectivity index (χ2v) is 12.8. The minimum atomic E-state index is -4.10. The lowest BCUT2D eigenvalue weighted by atomic mass is 9.74. The molecule has 1 aliphatic carbocycles. The summed E-state index contributed by atoms with van der Waals surface area (Å²) in [7, 11) is -2.51. The number of allylic oxidation sites excluding steroid dienone is 3. The van der Waals surface area contributed by atoms with Crippen LogP contribution in [0.2, 0.25) is 9.36 Å². The quantitative estimate of drug-likeness (QED) is 0.468. The van der Waals surface area contributed by atoms with Gasteiger partial charge in [0, 0.05) is 23.6 Å². The van der Waals surface area contributed by atoms with Crippen LogP contribution in [-0.2, 0) is 26.2 Å². The summed E-state index contributed by atoms with van der Waals surface area (Å²) < 4.78 is 32.3. The molecule has 1 unspecified atom stereocenters. The van der Waals surface area contributed by atoms with E-state index >= 15 is 0 Å². The van der Waals surface area contributed by atoms with Crippen molar-refractivity contribution >= 4 is 56.4 Å². The van der Waals surface area contributed by atoms with E-state index < -0.39 is 15.9 Å². The number of methoxy groups -OCH3 is 1. The predicted octanol–water partition coefficient (Wildman–Crippen LogP) is 5.30. The summed E-state index contributed by atoms with van der Waals surface area (Å²) >= 11 is 12.5. The Bertz CT molecular complexity index is 1330. The molecule has 1 atom stereocenters. The molecule has 2 aliphatic rings. The lowest BCUT2D eigenvalue weighted by molar-refractivity contribution is -0.127. The maximum Gasteiger partial charge on any atom is 0.273 e. The first-order chi connectivity index (χ1) is 16.5. The number of thiophene rings is 1. The number of nitrogens with zero attached hydrogens (tertiary/aromatic N) is 1. The van der Waals surface area contributed by atoms with Crippen LogP contribution in [-0.4, -0.2) is 32.2 Å². The largest absolute Gasteiger partial charge is 0.497 e. The van der Waals surface area contributed by atoms with Crippen molar-refractivity contribution in [3.8, 4) is 5.75 Å². The fourth-order valence-corrected chi connectivity index (χ4v) is 7.48. The average Bonchev–Trinajstić information content (AvgIpc) is 3.27. The van der Waals surface area contributed by atoms with E-state index in [2.05, 4.69) is 6.92 Å². The number of sulfonamides is 1. The third kappa shape index (κ3) is 5.43. The molecule has 0 bridgehead atoms. The number of fused-ring (bicyclic) bond motifs is 1. The van der Waals surface area contributed by atoms with Gasteiger partial charge < -0.3 is 9.64 Å². The van der Waals surface area contributed by atoms with Crippen molar-refractivity contribution in [1.82, 2.24) is 9.62 Å². The van der Waals surface area contributed by atoms with E-state index in [0.717, 1.165) is 41.0 Å². The van der Waals surface area contributed by atoms with Gasteiger partial charge in [-0.25, -0.2) is 13.1 Å². The van der Waals surface area contributed by atoms with Gasteiger partial charge in [-0.1, -0.05) is 48.3 Å². The SMILES string of the molecule is COc1cccc(CN2C(=O)CC3(C)CCCC(/C=C/C(=O)NS(=O)(=O)c4cc(Cl)c(Cl)s4)=C23)c1. The van der Waals surface area contributed by atoms with E-state index in [1.54, 1.807) is 18.1 Å². The van der Waals surface area contributed by atoms with Gasteiger partial charge in [0.15, 0.2) is 0 Å². The van der Waals surface area contributed by atoms with Crippen LogP contribution in [0, 0.1) is 5.41 Å². The van der Waals surface area contributed by atoms with E-state index in [0.29, 0.717) is 25.1 Å². The fourth-order valence-electron chi connectivity index (χ4n) is 4.65. The summed E-state index contributed by atoms with van der Waals surface area (Å²) in [5.74, 6) is -0.0628. The van der Waals surface area contributed by atoms with Crippen molar-refractivity contribution in [2.24, 2.45) is 5.41 Å². The van der Waals surface area contributed by atoms with Crippen molar-refractivity contribution in [3.05, 3.63) is 68.7 Å². The third-order valence-corrected chi connectivity index (χ3v) is 9.88. The van der Waals surface area contributed by atoms with Crippen LogP contribution in [0.25, 0.3) is 0 Å². The van der Waals surface area contributed by atoms with E-state index in [1.807, 2.05) is 29.0 Å². The van der Waals surface area contributed by atoms with Crippen molar-refractivity contribution in [2.75, 3.05) is 7.11 Å². The molecule has 1 N–H and O–H groups in total. The molecule has 7 nitrogen and oxygen atoms in total. The number of amides is 2. The van der Waals surface area contributed by atoms with Gasteiger partial charge in [-0.15, -0.1) is 11.3 Å². The highest BCUT2D eigenvalue weighted by molar-refractivity contribution is 7.92. The van der Waals surface area contributed by atoms with Crippen LogP contribution in [0.15, 0.2) is 58.0 Å².